The maximum atomic E-state index is 10.9. The van der Waals surface area contributed by atoms with Crippen LogP contribution < -0.4 is 0 Å². The normalized spacial score (nSPS) is 24.8. The minimum absolute atomic E-state index is 0. The second-order valence-corrected chi connectivity index (χ2v) is 4.31. The number of hydrogen-bond donors (Lipinski definition) is 1. The summed E-state index contributed by atoms with van der Waals surface area (Å²) in [6.07, 6.45) is 2.00. The molecule has 1 aliphatic rings. The van der Waals surface area contributed by atoms with Crippen molar-refractivity contribution in [1.29, 1.82) is 0 Å². The van der Waals surface area contributed by atoms with E-state index >= 15 is 0 Å². The molecule has 0 bridgehead atoms. The summed E-state index contributed by atoms with van der Waals surface area (Å²) in [6.45, 7) is 0. The van der Waals surface area contributed by atoms with Crippen molar-refractivity contribution in [2.45, 2.75) is 30.9 Å². The van der Waals surface area contributed by atoms with Gasteiger partial charge in [-0.05, 0) is 12.8 Å². The molecule has 0 spiro atoms. The van der Waals surface area contributed by atoms with Crippen LogP contribution in [0.15, 0.2) is 0 Å². The molecule has 1 atom stereocenters. The van der Waals surface area contributed by atoms with E-state index in [1.807, 2.05) is 0 Å². The van der Waals surface area contributed by atoms with Gasteiger partial charge in [-0.2, -0.15) is 8.42 Å². The second kappa shape index (κ2) is 5.19. The molecule has 1 saturated carbocycles. The number of hydrogen-bond acceptors (Lipinski definition) is 3. The Morgan fingerprint density at radius 2 is 1.92 bits per heavy atom. The summed E-state index contributed by atoms with van der Waals surface area (Å²) in [5.74, 6) is -0.348. The van der Waals surface area contributed by atoms with Crippen LogP contribution in [0.25, 0.3) is 0 Å². The Morgan fingerprint density at radius 3 is 2.25 bits per heavy atom. The van der Waals surface area contributed by atoms with Gasteiger partial charge in [-0.15, -0.1) is 0 Å². The van der Waals surface area contributed by atoms with Crippen LogP contribution in [0, 0.1) is 0 Å². The predicted molar refractivity (Wildman–Crippen MR) is 46.0 cm³/mol. The summed E-state index contributed by atoms with van der Waals surface area (Å²) >= 11 is 0. The first kappa shape index (κ1) is 13.2. The van der Waals surface area contributed by atoms with Gasteiger partial charge in [0, 0.05) is 6.42 Å². The Bertz CT molecular complexity index is 259. The monoisotopic (exact) mass is 218 g/mol. The van der Waals surface area contributed by atoms with E-state index in [1.165, 1.54) is 0 Å². The molecule has 1 N–H and O–H groups in total. The summed E-state index contributed by atoms with van der Waals surface area (Å²) in [5.41, 5.74) is 0. The fourth-order valence-corrected chi connectivity index (χ4v) is 2.18. The van der Waals surface area contributed by atoms with Crippen LogP contribution in [-0.2, 0) is 14.9 Å². The molecule has 0 heterocycles. The topological polar surface area (TPSA) is 71.4 Å². The summed E-state index contributed by atoms with van der Waals surface area (Å²) < 4.78 is 29.6. The van der Waals surface area contributed by atoms with Crippen LogP contribution in [0.5, 0.6) is 0 Å². The van der Waals surface area contributed by atoms with Gasteiger partial charge in [0.05, 0.1) is 0 Å². The molecule has 0 saturated heterocycles. The van der Waals surface area contributed by atoms with Gasteiger partial charge in [-0.3, -0.25) is 9.35 Å². The molecular formula is C6H11KO4S. The fraction of sp³-hybridized carbons (Fsp3) is 0.833. The van der Waals surface area contributed by atoms with E-state index in [0.717, 1.165) is 6.42 Å². The first-order valence-electron chi connectivity index (χ1n) is 3.51. The van der Waals surface area contributed by atoms with E-state index in [4.69, 9.17) is 4.55 Å². The molecule has 0 radical (unpaired) electrons. The van der Waals surface area contributed by atoms with Gasteiger partial charge < -0.3 is 0 Å². The van der Waals surface area contributed by atoms with Crippen molar-refractivity contribution in [3.05, 3.63) is 0 Å². The van der Waals surface area contributed by atoms with Gasteiger partial charge in [0.15, 0.2) is 5.78 Å². The number of carbonyl (C=O) groups excluding carboxylic acids is 1. The van der Waals surface area contributed by atoms with Crippen molar-refractivity contribution >= 4 is 67.3 Å². The Balaban J connectivity index is 0.00000121. The first-order valence-corrected chi connectivity index (χ1v) is 5.01. The SMILES string of the molecule is O=C1CCCCC1S(=O)(=O)O.[KH]. The summed E-state index contributed by atoms with van der Waals surface area (Å²) in [4.78, 5) is 10.9. The third-order valence-corrected chi connectivity index (χ3v) is 3.08. The summed E-state index contributed by atoms with van der Waals surface area (Å²) in [6, 6.07) is 0. The number of ketones is 1. The van der Waals surface area contributed by atoms with Crippen molar-refractivity contribution in [2.75, 3.05) is 0 Å². The van der Waals surface area contributed by atoms with Crippen LogP contribution in [0.2, 0.25) is 0 Å². The van der Waals surface area contributed by atoms with E-state index in [2.05, 4.69) is 0 Å². The average molecular weight is 218 g/mol. The molecule has 66 valence electrons. The molecule has 0 aliphatic heterocycles. The van der Waals surface area contributed by atoms with E-state index in [0.29, 0.717) is 6.42 Å². The zero-order valence-electron chi connectivity index (χ0n) is 5.99. The van der Waals surface area contributed by atoms with Crippen molar-refractivity contribution in [3.8, 4) is 0 Å². The fourth-order valence-electron chi connectivity index (χ4n) is 1.27. The Labute approximate surface area is 114 Å². The van der Waals surface area contributed by atoms with Crippen LogP contribution in [0.4, 0.5) is 0 Å². The minimum atomic E-state index is -4.12. The Kier molecular flexibility index (Phi) is 5.71. The molecule has 12 heavy (non-hydrogen) atoms. The summed E-state index contributed by atoms with van der Waals surface area (Å²) in [7, 11) is -4.12. The van der Waals surface area contributed by atoms with Crippen molar-refractivity contribution in [1.82, 2.24) is 0 Å². The molecule has 1 fully saturated rings. The number of Topliss-reactive ketones (excluding diaryl/α,β-unsaturated/α-hetero) is 1. The predicted octanol–water partition coefficient (Wildman–Crippen LogP) is -0.263. The van der Waals surface area contributed by atoms with Crippen molar-refractivity contribution < 1.29 is 17.8 Å². The number of carbonyl (C=O) groups is 1. The quantitative estimate of drug-likeness (QED) is 0.486. The molecule has 6 heteroatoms. The molecular weight excluding hydrogens is 207 g/mol. The van der Waals surface area contributed by atoms with Gasteiger partial charge in [0.2, 0.25) is 0 Å². The molecule has 4 nitrogen and oxygen atoms in total. The third-order valence-electron chi connectivity index (χ3n) is 1.86. The van der Waals surface area contributed by atoms with E-state index in [1.54, 1.807) is 0 Å². The third kappa shape index (κ3) is 3.53. The average Bonchev–Trinajstić information content (AvgIpc) is 1.86. The van der Waals surface area contributed by atoms with Gasteiger partial charge >= 0.3 is 51.4 Å². The molecule has 1 rings (SSSR count). The standard InChI is InChI=1S/C6H10O4S.K.H/c7-5-3-1-2-4-6(5)11(8,9)10;;/h6H,1-4H2,(H,8,9,10);;. The van der Waals surface area contributed by atoms with Crippen molar-refractivity contribution in [3.63, 3.8) is 0 Å². The van der Waals surface area contributed by atoms with E-state index in [9.17, 15) is 13.2 Å². The summed E-state index contributed by atoms with van der Waals surface area (Å²) in [5, 5.41) is -1.14. The van der Waals surface area contributed by atoms with Crippen LogP contribution >= 0.6 is 0 Å². The molecule has 1 unspecified atom stereocenters. The molecule has 1 aliphatic carbocycles. The second-order valence-electron chi connectivity index (χ2n) is 2.72. The van der Waals surface area contributed by atoms with Crippen LogP contribution in [0.1, 0.15) is 25.7 Å². The van der Waals surface area contributed by atoms with Crippen molar-refractivity contribution in [2.24, 2.45) is 0 Å². The van der Waals surface area contributed by atoms with E-state index < -0.39 is 15.4 Å². The number of rotatable bonds is 1. The van der Waals surface area contributed by atoms with Gasteiger partial charge in [-0.25, -0.2) is 0 Å². The first-order chi connectivity index (χ1) is 5.02. The molecule has 0 aromatic heterocycles. The molecule has 0 amide bonds. The van der Waals surface area contributed by atoms with Crippen LogP contribution in [-0.4, -0.2) is 75.4 Å². The molecule has 0 aromatic rings. The zero-order valence-corrected chi connectivity index (χ0v) is 6.80. The van der Waals surface area contributed by atoms with E-state index in [-0.39, 0.29) is 70.0 Å². The van der Waals surface area contributed by atoms with Gasteiger partial charge in [-0.1, -0.05) is 6.42 Å². The zero-order chi connectivity index (χ0) is 8.48. The van der Waals surface area contributed by atoms with Gasteiger partial charge in [0.1, 0.15) is 5.25 Å². The van der Waals surface area contributed by atoms with Gasteiger partial charge in [0.25, 0.3) is 10.1 Å². The van der Waals surface area contributed by atoms with Crippen LogP contribution in [0.3, 0.4) is 0 Å². The maximum absolute atomic E-state index is 10.9. The molecule has 0 aromatic carbocycles. The Hall–Kier alpha value is 1.22. The Morgan fingerprint density at radius 1 is 1.33 bits per heavy atom.